The SMILES string of the molecule is CC(C(=O)NCCCn1ccnc1)N1C(=O)C(=Cc2ccc(F)cc2)SC1=S. The first-order valence-corrected chi connectivity index (χ1v) is 9.94. The standard InChI is InChI=1S/C19H19FN4O2S2/c1-13(17(25)22-7-2-9-23-10-8-21-12-23)24-18(26)16(28-19(24)27)11-14-3-5-15(20)6-4-14/h3-6,8,10-13H,2,7,9H2,1H3,(H,22,25). The average molecular weight is 419 g/mol. The number of imidazole rings is 1. The number of hydrogen-bond acceptors (Lipinski definition) is 5. The highest BCUT2D eigenvalue weighted by Gasteiger charge is 2.38. The van der Waals surface area contributed by atoms with Crippen molar-refractivity contribution in [3.8, 4) is 0 Å². The molecule has 0 saturated carbocycles. The van der Waals surface area contributed by atoms with E-state index in [2.05, 4.69) is 10.3 Å². The van der Waals surface area contributed by atoms with Crippen LogP contribution in [0.25, 0.3) is 6.08 Å². The van der Waals surface area contributed by atoms with Crippen molar-refractivity contribution in [3.63, 3.8) is 0 Å². The van der Waals surface area contributed by atoms with Crippen LogP contribution in [0.1, 0.15) is 18.9 Å². The first-order chi connectivity index (χ1) is 13.5. The van der Waals surface area contributed by atoms with E-state index in [1.165, 1.54) is 17.0 Å². The molecular weight excluding hydrogens is 399 g/mol. The van der Waals surface area contributed by atoms with E-state index in [9.17, 15) is 14.0 Å². The summed E-state index contributed by atoms with van der Waals surface area (Å²) in [6.07, 6.45) is 7.68. The summed E-state index contributed by atoms with van der Waals surface area (Å²) in [5, 5.41) is 2.84. The summed E-state index contributed by atoms with van der Waals surface area (Å²) in [6, 6.07) is 5.11. The number of thiocarbonyl (C=S) groups is 1. The highest BCUT2D eigenvalue weighted by molar-refractivity contribution is 8.26. The van der Waals surface area contributed by atoms with Crippen LogP contribution in [0.4, 0.5) is 4.39 Å². The highest BCUT2D eigenvalue weighted by atomic mass is 32.2. The number of aryl methyl sites for hydroxylation is 1. The molecule has 0 radical (unpaired) electrons. The maximum absolute atomic E-state index is 13.0. The highest BCUT2D eigenvalue weighted by Crippen LogP contribution is 2.34. The lowest BCUT2D eigenvalue weighted by Gasteiger charge is -2.22. The second kappa shape index (κ2) is 9.11. The van der Waals surface area contributed by atoms with E-state index in [1.54, 1.807) is 37.7 Å². The zero-order chi connectivity index (χ0) is 20.1. The van der Waals surface area contributed by atoms with Gasteiger partial charge in [0.05, 0.1) is 11.2 Å². The summed E-state index contributed by atoms with van der Waals surface area (Å²) < 4.78 is 15.3. The smallest absolute Gasteiger partial charge is 0.266 e. The maximum Gasteiger partial charge on any atom is 0.266 e. The molecule has 0 bridgehead atoms. The second-order valence-corrected chi connectivity index (χ2v) is 7.90. The molecule has 1 aliphatic heterocycles. The lowest BCUT2D eigenvalue weighted by Crippen LogP contribution is -2.47. The molecule has 28 heavy (non-hydrogen) atoms. The Hall–Kier alpha value is -2.52. The Morgan fingerprint density at radius 1 is 1.39 bits per heavy atom. The number of amides is 2. The third-order valence-electron chi connectivity index (χ3n) is 4.21. The molecule has 1 saturated heterocycles. The number of hydrogen-bond donors (Lipinski definition) is 1. The molecule has 1 aromatic carbocycles. The van der Waals surface area contributed by atoms with Crippen LogP contribution in [-0.2, 0) is 16.1 Å². The fourth-order valence-electron chi connectivity index (χ4n) is 2.68. The van der Waals surface area contributed by atoms with Gasteiger partial charge in [-0.1, -0.05) is 36.1 Å². The molecule has 6 nitrogen and oxygen atoms in total. The van der Waals surface area contributed by atoms with Gasteiger partial charge in [0.25, 0.3) is 5.91 Å². The summed E-state index contributed by atoms with van der Waals surface area (Å²) in [5.41, 5.74) is 0.693. The molecule has 0 spiro atoms. The zero-order valence-corrected chi connectivity index (χ0v) is 16.8. The number of nitrogens with zero attached hydrogens (tertiary/aromatic N) is 3. The fraction of sp³-hybridized carbons (Fsp3) is 0.263. The van der Waals surface area contributed by atoms with Crippen LogP contribution in [0.15, 0.2) is 47.9 Å². The first kappa shape index (κ1) is 20.2. The summed E-state index contributed by atoms with van der Waals surface area (Å²) in [4.78, 5) is 30.8. The van der Waals surface area contributed by atoms with Gasteiger partial charge in [-0.05, 0) is 37.1 Å². The van der Waals surface area contributed by atoms with Crippen LogP contribution in [0.5, 0.6) is 0 Å². The molecule has 2 amide bonds. The molecule has 1 unspecified atom stereocenters. The predicted molar refractivity (Wildman–Crippen MR) is 111 cm³/mol. The minimum atomic E-state index is -0.708. The van der Waals surface area contributed by atoms with E-state index in [-0.39, 0.29) is 17.6 Å². The van der Waals surface area contributed by atoms with Gasteiger partial charge in [0.15, 0.2) is 0 Å². The van der Waals surface area contributed by atoms with Gasteiger partial charge in [-0.25, -0.2) is 9.37 Å². The molecule has 2 aromatic rings. The Morgan fingerprint density at radius 2 is 2.14 bits per heavy atom. The lowest BCUT2D eigenvalue weighted by molar-refractivity contribution is -0.132. The Kier molecular flexibility index (Phi) is 6.58. The number of benzene rings is 1. The van der Waals surface area contributed by atoms with Crippen molar-refractivity contribution in [1.29, 1.82) is 0 Å². The number of thioether (sulfide) groups is 1. The van der Waals surface area contributed by atoms with Gasteiger partial charge < -0.3 is 9.88 Å². The predicted octanol–water partition coefficient (Wildman–Crippen LogP) is 2.82. The molecule has 1 aliphatic rings. The van der Waals surface area contributed by atoms with E-state index in [1.807, 2.05) is 10.8 Å². The monoisotopic (exact) mass is 418 g/mol. The van der Waals surface area contributed by atoms with Crippen molar-refractivity contribution in [1.82, 2.24) is 19.8 Å². The van der Waals surface area contributed by atoms with Crippen molar-refractivity contribution in [2.45, 2.75) is 25.9 Å². The Bertz CT molecular complexity index is 897. The average Bonchev–Trinajstić information content (AvgIpc) is 3.28. The molecule has 146 valence electrons. The van der Waals surface area contributed by atoms with Crippen molar-refractivity contribution < 1.29 is 14.0 Å². The number of aromatic nitrogens is 2. The van der Waals surface area contributed by atoms with Crippen LogP contribution in [-0.4, -0.2) is 43.2 Å². The van der Waals surface area contributed by atoms with Crippen molar-refractivity contribution >= 4 is 46.2 Å². The van der Waals surface area contributed by atoms with Gasteiger partial charge in [-0.3, -0.25) is 14.5 Å². The van der Waals surface area contributed by atoms with Gasteiger partial charge in [-0.15, -0.1) is 0 Å². The summed E-state index contributed by atoms with van der Waals surface area (Å²) in [5.74, 6) is -0.923. The molecule has 1 fully saturated rings. The Balaban J connectivity index is 1.57. The molecule has 1 atom stereocenters. The van der Waals surface area contributed by atoms with Crippen LogP contribution in [0.3, 0.4) is 0 Å². The molecule has 2 heterocycles. The number of nitrogens with one attached hydrogen (secondary N) is 1. The van der Waals surface area contributed by atoms with Gasteiger partial charge in [0.2, 0.25) is 5.91 Å². The molecular formula is C19H19FN4O2S2. The number of carbonyl (C=O) groups excluding carboxylic acids is 2. The minimum absolute atomic E-state index is 0.259. The summed E-state index contributed by atoms with van der Waals surface area (Å²) in [7, 11) is 0. The van der Waals surface area contributed by atoms with E-state index in [4.69, 9.17) is 12.2 Å². The van der Waals surface area contributed by atoms with Gasteiger partial charge >= 0.3 is 0 Å². The largest absolute Gasteiger partial charge is 0.354 e. The van der Waals surface area contributed by atoms with Crippen molar-refractivity contribution in [2.24, 2.45) is 0 Å². The van der Waals surface area contributed by atoms with Crippen LogP contribution in [0.2, 0.25) is 0 Å². The fourth-order valence-corrected chi connectivity index (χ4v) is 4.10. The normalized spacial score (nSPS) is 16.6. The lowest BCUT2D eigenvalue weighted by atomic mass is 10.2. The molecule has 3 rings (SSSR count). The second-order valence-electron chi connectivity index (χ2n) is 6.22. The number of carbonyl (C=O) groups is 2. The van der Waals surface area contributed by atoms with Gasteiger partial charge in [0, 0.05) is 25.5 Å². The molecule has 0 aliphatic carbocycles. The molecule has 1 N–H and O–H groups in total. The van der Waals surface area contributed by atoms with E-state index in [0.717, 1.165) is 24.7 Å². The quantitative estimate of drug-likeness (QED) is 0.426. The van der Waals surface area contributed by atoms with Gasteiger partial charge in [-0.2, -0.15) is 0 Å². The number of halogens is 1. The van der Waals surface area contributed by atoms with Crippen LogP contribution >= 0.6 is 24.0 Å². The van der Waals surface area contributed by atoms with E-state index >= 15 is 0 Å². The Labute approximate surface area is 171 Å². The van der Waals surface area contributed by atoms with Crippen LogP contribution < -0.4 is 5.32 Å². The number of rotatable bonds is 7. The van der Waals surface area contributed by atoms with E-state index in [0.29, 0.717) is 21.3 Å². The first-order valence-electron chi connectivity index (χ1n) is 8.72. The zero-order valence-electron chi connectivity index (χ0n) is 15.2. The summed E-state index contributed by atoms with van der Waals surface area (Å²) >= 11 is 6.43. The molecule has 9 heteroatoms. The topological polar surface area (TPSA) is 67.2 Å². The van der Waals surface area contributed by atoms with Gasteiger partial charge in [0.1, 0.15) is 16.2 Å². The van der Waals surface area contributed by atoms with Crippen LogP contribution in [0, 0.1) is 5.82 Å². The molecule has 1 aromatic heterocycles. The summed E-state index contributed by atoms with van der Waals surface area (Å²) in [6.45, 7) is 2.88. The van der Waals surface area contributed by atoms with E-state index < -0.39 is 6.04 Å². The maximum atomic E-state index is 13.0. The third-order valence-corrected chi connectivity index (χ3v) is 5.54. The Morgan fingerprint density at radius 3 is 2.82 bits per heavy atom. The third kappa shape index (κ3) is 4.85. The van der Waals surface area contributed by atoms with Crippen molar-refractivity contribution in [3.05, 3.63) is 59.3 Å². The van der Waals surface area contributed by atoms with Crippen molar-refractivity contribution in [2.75, 3.05) is 6.54 Å². The minimum Gasteiger partial charge on any atom is -0.354 e.